The van der Waals surface area contributed by atoms with E-state index in [0.29, 0.717) is 18.5 Å². The summed E-state index contributed by atoms with van der Waals surface area (Å²) in [5.41, 5.74) is 1.66. The fourth-order valence-electron chi connectivity index (χ4n) is 2.13. The molecule has 0 radical (unpaired) electrons. The number of pyridine rings is 1. The Kier molecular flexibility index (Phi) is 4.92. The lowest BCUT2D eigenvalue weighted by Crippen LogP contribution is -2.41. The van der Waals surface area contributed by atoms with Crippen LogP contribution in [0.4, 0.5) is 0 Å². The maximum atomic E-state index is 11.3. The molecule has 1 N–H and O–H groups in total. The van der Waals surface area contributed by atoms with Crippen molar-refractivity contribution in [2.24, 2.45) is 0 Å². The summed E-state index contributed by atoms with van der Waals surface area (Å²) in [6.07, 6.45) is 0.691. The van der Waals surface area contributed by atoms with Crippen molar-refractivity contribution in [3.05, 3.63) is 41.6 Å². The molecule has 23 heavy (non-hydrogen) atoms. The summed E-state index contributed by atoms with van der Waals surface area (Å²) in [5.74, 6) is -0.947. The number of para-hydroxylation sites is 1. The molecule has 1 aromatic heterocycles. The predicted octanol–water partition coefficient (Wildman–Crippen LogP) is 4.50. The van der Waals surface area contributed by atoms with Crippen LogP contribution in [0.3, 0.4) is 0 Å². The van der Waals surface area contributed by atoms with Gasteiger partial charge in [0.25, 0.3) is 0 Å². The van der Waals surface area contributed by atoms with Crippen molar-refractivity contribution in [3.63, 3.8) is 0 Å². The Morgan fingerprint density at radius 3 is 2.52 bits per heavy atom. The zero-order chi connectivity index (χ0) is 17.3. The van der Waals surface area contributed by atoms with Gasteiger partial charge in [-0.15, -0.1) is 0 Å². The van der Waals surface area contributed by atoms with Gasteiger partial charge in [0.2, 0.25) is 0 Å². The maximum Gasteiger partial charge on any atom is 0.337 e. The number of hydrogen-bond donors (Lipinski definition) is 1. The highest BCUT2D eigenvalue weighted by atomic mass is 28.4. The van der Waals surface area contributed by atoms with E-state index < -0.39 is 14.3 Å². The average molecular weight is 331 g/mol. The molecule has 5 heteroatoms. The minimum atomic E-state index is -1.76. The number of aromatic nitrogens is 1. The number of carboxylic acid groups (broad SMARTS) is 1. The van der Waals surface area contributed by atoms with E-state index in [1.54, 1.807) is 12.1 Å². The first kappa shape index (κ1) is 17.6. The molecule has 1 heterocycles. The number of benzene rings is 1. The Morgan fingerprint density at radius 1 is 1.22 bits per heavy atom. The van der Waals surface area contributed by atoms with E-state index in [1.165, 1.54) is 0 Å². The second kappa shape index (κ2) is 6.41. The molecule has 0 saturated heterocycles. The zero-order valence-corrected chi connectivity index (χ0v) is 15.5. The molecule has 4 nitrogen and oxygen atoms in total. The van der Waals surface area contributed by atoms with Crippen LogP contribution in [-0.2, 0) is 10.8 Å². The first-order valence-corrected chi connectivity index (χ1v) is 10.8. The molecule has 0 unspecified atom stereocenters. The van der Waals surface area contributed by atoms with Crippen molar-refractivity contribution in [2.75, 3.05) is 6.61 Å². The number of fused-ring (bicyclic) bond motifs is 1. The number of hydrogen-bond acceptors (Lipinski definition) is 3. The number of aromatic carboxylic acids is 1. The molecular formula is C18H25NO3Si. The number of carboxylic acids is 1. The summed E-state index contributed by atoms with van der Waals surface area (Å²) < 4.78 is 6.17. The lowest BCUT2D eigenvalue weighted by molar-refractivity contribution is 0.0699. The standard InChI is InChI=1S/C18H25NO3Si/c1-18(2,3)23(4,5)22-12-11-14-10-9-13-7-6-8-15(17(20)21)16(13)19-14/h6-10H,11-12H2,1-5H3,(H,20,21). The molecular weight excluding hydrogens is 306 g/mol. The summed E-state index contributed by atoms with van der Waals surface area (Å²) in [5, 5.41) is 10.3. The predicted molar refractivity (Wildman–Crippen MR) is 95.6 cm³/mol. The van der Waals surface area contributed by atoms with E-state index in [2.05, 4.69) is 38.8 Å². The van der Waals surface area contributed by atoms with Gasteiger partial charge in [-0.25, -0.2) is 4.79 Å². The zero-order valence-electron chi connectivity index (χ0n) is 14.5. The molecule has 0 fully saturated rings. The first-order valence-electron chi connectivity index (χ1n) is 7.88. The van der Waals surface area contributed by atoms with Gasteiger partial charge in [-0.1, -0.05) is 39.0 Å². The summed E-state index contributed by atoms with van der Waals surface area (Å²) in [4.78, 5) is 15.9. The molecule has 0 aliphatic rings. The summed E-state index contributed by atoms with van der Waals surface area (Å²) in [6, 6.07) is 9.09. The average Bonchev–Trinajstić information content (AvgIpc) is 2.45. The molecule has 0 atom stereocenters. The van der Waals surface area contributed by atoms with Crippen LogP contribution in [0.1, 0.15) is 36.8 Å². The van der Waals surface area contributed by atoms with E-state index in [1.807, 2.05) is 18.2 Å². The molecule has 2 aromatic rings. The normalized spacial score (nSPS) is 12.6. The van der Waals surface area contributed by atoms with Crippen LogP contribution in [0, 0.1) is 0 Å². The molecule has 1 aromatic carbocycles. The fourth-order valence-corrected chi connectivity index (χ4v) is 3.17. The Hall–Kier alpha value is -1.72. The molecule has 0 amide bonds. The van der Waals surface area contributed by atoms with Gasteiger partial charge in [0, 0.05) is 24.1 Å². The summed E-state index contributed by atoms with van der Waals surface area (Å²) in [6.45, 7) is 11.7. The van der Waals surface area contributed by atoms with Gasteiger partial charge in [-0.05, 0) is 30.3 Å². The van der Waals surface area contributed by atoms with Gasteiger partial charge >= 0.3 is 5.97 Å². The van der Waals surface area contributed by atoms with Crippen LogP contribution in [0.5, 0.6) is 0 Å². The van der Waals surface area contributed by atoms with Crippen molar-refractivity contribution in [3.8, 4) is 0 Å². The number of rotatable bonds is 5. The van der Waals surface area contributed by atoms with E-state index in [-0.39, 0.29) is 10.6 Å². The molecule has 0 saturated carbocycles. The van der Waals surface area contributed by atoms with E-state index in [4.69, 9.17) is 4.43 Å². The smallest absolute Gasteiger partial charge is 0.337 e. The van der Waals surface area contributed by atoms with E-state index in [0.717, 1.165) is 11.1 Å². The summed E-state index contributed by atoms with van der Waals surface area (Å²) >= 11 is 0. The largest absolute Gasteiger partial charge is 0.478 e. The molecule has 0 aliphatic heterocycles. The third kappa shape index (κ3) is 3.98. The van der Waals surface area contributed by atoms with Crippen LogP contribution < -0.4 is 0 Å². The van der Waals surface area contributed by atoms with Crippen molar-refractivity contribution in [1.82, 2.24) is 4.98 Å². The molecule has 124 valence electrons. The van der Waals surface area contributed by atoms with Crippen LogP contribution in [0.2, 0.25) is 18.1 Å². The van der Waals surface area contributed by atoms with Gasteiger partial charge in [-0.2, -0.15) is 0 Å². The van der Waals surface area contributed by atoms with Crippen molar-refractivity contribution < 1.29 is 14.3 Å². The first-order chi connectivity index (χ1) is 10.6. The minimum Gasteiger partial charge on any atom is -0.478 e. The molecule has 0 bridgehead atoms. The van der Waals surface area contributed by atoms with Crippen LogP contribution in [-0.4, -0.2) is 31.0 Å². The van der Waals surface area contributed by atoms with Gasteiger partial charge in [0.05, 0.1) is 11.1 Å². The quantitative estimate of drug-likeness (QED) is 0.820. The van der Waals surface area contributed by atoms with E-state index in [9.17, 15) is 9.90 Å². The molecule has 0 aliphatic carbocycles. The SMILES string of the molecule is CC(C)(C)[Si](C)(C)OCCc1ccc2cccc(C(=O)O)c2n1. The third-order valence-electron chi connectivity index (χ3n) is 4.64. The van der Waals surface area contributed by atoms with E-state index >= 15 is 0 Å². The monoisotopic (exact) mass is 331 g/mol. The highest BCUT2D eigenvalue weighted by Crippen LogP contribution is 2.36. The lowest BCUT2D eigenvalue weighted by atomic mass is 10.1. The Morgan fingerprint density at radius 2 is 1.91 bits per heavy atom. The van der Waals surface area contributed by atoms with Crippen LogP contribution in [0.25, 0.3) is 10.9 Å². The number of carbonyl (C=O) groups is 1. The van der Waals surface area contributed by atoms with Gasteiger partial charge in [0.15, 0.2) is 8.32 Å². The van der Waals surface area contributed by atoms with Crippen molar-refractivity contribution >= 4 is 25.2 Å². The number of nitrogens with zero attached hydrogens (tertiary/aromatic N) is 1. The highest BCUT2D eigenvalue weighted by molar-refractivity contribution is 6.74. The second-order valence-corrected chi connectivity index (χ2v) is 12.2. The van der Waals surface area contributed by atoms with Gasteiger partial charge in [-0.3, -0.25) is 4.98 Å². The van der Waals surface area contributed by atoms with Gasteiger partial charge < -0.3 is 9.53 Å². The minimum absolute atomic E-state index is 0.181. The maximum absolute atomic E-state index is 11.3. The Balaban J connectivity index is 2.16. The fraction of sp³-hybridized carbons (Fsp3) is 0.444. The second-order valence-electron chi connectivity index (χ2n) is 7.34. The van der Waals surface area contributed by atoms with Crippen LogP contribution in [0.15, 0.2) is 30.3 Å². The summed E-state index contributed by atoms with van der Waals surface area (Å²) in [7, 11) is -1.76. The Bertz CT molecular complexity index is 720. The highest BCUT2D eigenvalue weighted by Gasteiger charge is 2.36. The molecule has 0 spiro atoms. The topological polar surface area (TPSA) is 59.4 Å². The van der Waals surface area contributed by atoms with Crippen molar-refractivity contribution in [2.45, 2.75) is 45.3 Å². The van der Waals surface area contributed by atoms with Crippen molar-refractivity contribution in [1.29, 1.82) is 0 Å². The van der Waals surface area contributed by atoms with Crippen LogP contribution >= 0.6 is 0 Å². The molecule has 2 rings (SSSR count). The lowest BCUT2D eigenvalue weighted by Gasteiger charge is -2.36. The third-order valence-corrected chi connectivity index (χ3v) is 9.17. The Labute approximate surface area is 138 Å². The van der Waals surface area contributed by atoms with Gasteiger partial charge in [0.1, 0.15) is 0 Å².